The Morgan fingerprint density at radius 1 is 1.30 bits per heavy atom. The first kappa shape index (κ1) is 22.0. The molecule has 1 atom stereocenters. The van der Waals surface area contributed by atoms with Crippen LogP contribution in [-0.2, 0) is 11.3 Å². The molecular weight excluding hydrogens is 380 g/mol. The molecule has 0 saturated carbocycles. The number of carbonyl (C=O) groups excluding carboxylic acids is 1. The van der Waals surface area contributed by atoms with Crippen molar-refractivity contribution in [2.45, 2.75) is 32.2 Å². The number of nitrogens with one attached hydrogen (secondary N) is 1. The molecule has 2 aromatic rings. The SMILES string of the molecule is COc1ccc(CNC(=O)CC[C@@H]2CCCN(C/C=C/c3ccco3)C2)c(OC)c1. The predicted molar refractivity (Wildman–Crippen MR) is 118 cm³/mol. The molecule has 1 aromatic carbocycles. The molecule has 0 radical (unpaired) electrons. The van der Waals surface area contributed by atoms with Crippen LogP contribution in [0.25, 0.3) is 6.08 Å². The first-order chi connectivity index (χ1) is 14.7. The molecule has 162 valence electrons. The Bertz CT molecular complexity index is 817. The maximum atomic E-state index is 12.4. The van der Waals surface area contributed by atoms with Crippen LogP contribution in [-0.4, -0.2) is 44.7 Å². The minimum absolute atomic E-state index is 0.0858. The van der Waals surface area contributed by atoms with Gasteiger partial charge in [0.25, 0.3) is 0 Å². The lowest BCUT2D eigenvalue weighted by molar-refractivity contribution is -0.121. The van der Waals surface area contributed by atoms with Gasteiger partial charge < -0.3 is 19.2 Å². The lowest BCUT2D eigenvalue weighted by atomic mass is 9.93. The molecule has 0 unspecified atom stereocenters. The molecule has 1 aliphatic heterocycles. The van der Waals surface area contributed by atoms with Crippen molar-refractivity contribution in [1.82, 2.24) is 10.2 Å². The number of carbonyl (C=O) groups is 1. The van der Waals surface area contributed by atoms with Gasteiger partial charge in [-0.3, -0.25) is 9.69 Å². The summed E-state index contributed by atoms with van der Waals surface area (Å²) in [5, 5.41) is 3.02. The van der Waals surface area contributed by atoms with Gasteiger partial charge in [-0.2, -0.15) is 0 Å². The van der Waals surface area contributed by atoms with Crippen molar-refractivity contribution in [3.63, 3.8) is 0 Å². The van der Waals surface area contributed by atoms with Crippen molar-refractivity contribution >= 4 is 12.0 Å². The highest BCUT2D eigenvalue weighted by Gasteiger charge is 2.20. The predicted octanol–water partition coefficient (Wildman–Crippen LogP) is 4.12. The van der Waals surface area contributed by atoms with Crippen molar-refractivity contribution in [3.8, 4) is 11.5 Å². The Morgan fingerprint density at radius 2 is 2.20 bits per heavy atom. The molecule has 1 saturated heterocycles. The Labute approximate surface area is 178 Å². The number of piperidine rings is 1. The van der Waals surface area contributed by atoms with Crippen LogP contribution in [0.15, 0.2) is 47.1 Å². The molecule has 2 heterocycles. The summed E-state index contributed by atoms with van der Waals surface area (Å²) in [5.74, 6) is 3.00. The smallest absolute Gasteiger partial charge is 0.220 e. The van der Waals surface area contributed by atoms with Gasteiger partial charge in [0.15, 0.2) is 0 Å². The summed E-state index contributed by atoms with van der Waals surface area (Å²) in [4.78, 5) is 14.8. The van der Waals surface area contributed by atoms with Crippen LogP contribution in [0.4, 0.5) is 0 Å². The fourth-order valence-electron chi connectivity index (χ4n) is 3.87. The third kappa shape index (κ3) is 6.66. The van der Waals surface area contributed by atoms with Crippen LogP contribution in [0.1, 0.15) is 37.0 Å². The Balaban J connectivity index is 1.39. The van der Waals surface area contributed by atoms with Gasteiger partial charge in [0.05, 0.1) is 20.5 Å². The summed E-state index contributed by atoms with van der Waals surface area (Å²) in [6.45, 7) is 3.53. The van der Waals surface area contributed by atoms with E-state index < -0.39 is 0 Å². The molecule has 1 aliphatic rings. The van der Waals surface area contributed by atoms with E-state index in [9.17, 15) is 4.79 Å². The third-order valence-electron chi connectivity index (χ3n) is 5.54. The van der Waals surface area contributed by atoms with Crippen LogP contribution >= 0.6 is 0 Å². The van der Waals surface area contributed by atoms with E-state index in [1.165, 1.54) is 12.8 Å². The van der Waals surface area contributed by atoms with Crippen molar-refractivity contribution in [2.75, 3.05) is 33.9 Å². The Kier molecular flexibility index (Phi) is 8.39. The third-order valence-corrected chi connectivity index (χ3v) is 5.54. The van der Waals surface area contributed by atoms with E-state index in [1.807, 2.05) is 36.4 Å². The standard InChI is InChI=1S/C24H32N2O4/c1-28-22-11-10-20(23(16-22)29-2)17-25-24(27)12-9-19-6-3-13-26(18-19)14-4-7-21-8-5-15-30-21/h4-5,7-8,10-11,15-16,19H,3,6,9,12-14,17-18H2,1-2H3,(H,25,27)/b7-4+/t19-/m0/s1. The highest BCUT2D eigenvalue weighted by molar-refractivity contribution is 5.75. The summed E-state index contributed by atoms with van der Waals surface area (Å²) in [5.41, 5.74) is 0.943. The Hall–Kier alpha value is -2.73. The van der Waals surface area contributed by atoms with Crippen LogP contribution in [0.3, 0.4) is 0 Å². The number of hydrogen-bond donors (Lipinski definition) is 1. The average Bonchev–Trinajstić information content (AvgIpc) is 3.30. The van der Waals surface area contributed by atoms with Crippen molar-refractivity contribution in [2.24, 2.45) is 5.92 Å². The second kappa shape index (κ2) is 11.5. The summed E-state index contributed by atoms with van der Waals surface area (Å²) in [7, 11) is 3.25. The largest absolute Gasteiger partial charge is 0.497 e. The van der Waals surface area contributed by atoms with Crippen LogP contribution in [0, 0.1) is 5.92 Å². The number of methoxy groups -OCH3 is 2. The molecule has 1 amide bonds. The maximum Gasteiger partial charge on any atom is 0.220 e. The molecule has 0 bridgehead atoms. The molecular formula is C24H32N2O4. The molecule has 0 spiro atoms. The van der Waals surface area contributed by atoms with E-state index in [4.69, 9.17) is 13.9 Å². The highest BCUT2D eigenvalue weighted by Crippen LogP contribution is 2.25. The molecule has 6 heteroatoms. The minimum Gasteiger partial charge on any atom is -0.497 e. The lowest BCUT2D eigenvalue weighted by Gasteiger charge is -2.31. The number of furan rings is 1. The average molecular weight is 413 g/mol. The van der Waals surface area contributed by atoms with Crippen molar-refractivity contribution in [1.29, 1.82) is 0 Å². The maximum absolute atomic E-state index is 12.4. The van der Waals surface area contributed by atoms with E-state index in [-0.39, 0.29) is 5.91 Å². The Morgan fingerprint density at radius 3 is 2.97 bits per heavy atom. The second-order valence-electron chi connectivity index (χ2n) is 7.68. The van der Waals surface area contributed by atoms with Crippen LogP contribution in [0.5, 0.6) is 11.5 Å². The number of ether oxygens (including phenoxy) is 2. The number of hydrogen-bond acceptors (Lipinski definition) is 5. The van der Waals surface area contributed by atoms with Gasteiger partial charge in [-0.1, -0.05) is 6.08 Å². The zero-order valence-electron chi connectivity index (χ0n) is 17.9. The molecule has 3 rings (SSSR count). The lowest BCUT2D eigenvalue weighted by Crippen LogP contribution is -2.36. The monoisotopic (exact) mass is 412 g/mol. The summed E-state index contributed by atoms with van der Waals surface area (Å²) >= 11 is 0. The van der Waals surface area contributed by atoms with Crippen LogP contribution < -0.4 is 14.8 Å². The van der Waals surface area contributed by atoms with Gasteiger partial charge in [-0.15, -0.1) is 0 Å². The van der Waals surface area contributed by atoms with Gasteiger partial charge in [0.1, 0.15) is 17.3 Å². The van der Waals surface area contributed by atoms with Gasteiger partial charge in [-0.25, -0.2) is 0 Å². The van der Waals surface area contributed by atoms with Crippen LogP contribution in [0.2, 0.25) is 0 Å². The zero-order valence-corrected chi connectivity index (χ0v) is 17.9. The molecule has 6 nitrogen and oxygen atoms in total. The van der Waals surface area contributed by atoms with E-state index >= 15 is 0 Å². The quantitative estimate of drug-likeness (QED) is 0.636. The van der Waals surface area contributed by atoms with Crippen molar-refractivity contribution < 1.29 is 18.7 Å². The van der Waals surface area contributed by atoms with E-state index in [1.54, 1.807) is 20.5 Å². The second-order valence-corrected chi connectivity index (χ2v) is 7.68. The van der Waals surface area contributed by atoms with Gasteiger partial charge in [-0.05, 0) is 62.1 Å². The number of rotatable bonds is 10. The number of benzene rings is 1. The van der Waals surface area contributed by atoms with Gasteiger partial charge in [0.2, 0.25) is 5.91 Å². The topological polar surface area (TPSA) is 63.9 Å². The highest BCUT2D eigenvalue weighted by atomic mass is 16.5. The molecule has 1 fully saturated rings. The molecule has 0 aliphatic carbocycles. The van der Waals surface area contributed by atoms with Crippen molar-refractivity contribution in [3.05, 3.63) is 54.0 Å². The van der Waals surface area contributed by atoms with Gasteiger partial charge >= 0.3 is 0 Å². The molecule has 1 N–H and O–H groups in total. The molecule has 30 heavy (non-hydrogen) atoms. The normalized spacial score (nSPS) is 17.2. The number of amides is 1. The minimum atomic E-state index is 0.0858. The van der Waals surface area contributed by atoms with E-state index in [0.717, 1.165) is 48.9 Å². The van der Waals surface area contributed by atoms with Gasteiger partial charge in [0, 0.05) is 37.7 Å². The first-order valence-electron chi connectivity index (χ1n) is 10.6. The first-order valence-corrected chi connectivity index (χ1v) is 10.6. The summed E-state index contributed by atoms with van der Waals surface area (Å²) in [6.07, 6.45) is 9.71. The molecule has 1 aromatic heterocycles. The zero-order chi connectivity index (χ0) is 21.2. The summed E-state index contributed by atoms with van der Waals surface area (Å²) in [6, 6.07) is 9.48. The van der Waals surface area contributed by atoms with E-state index in [2.05, 4.69) is 16.3 Å². The van der Waals surface area contributed by atoms with E-state index in [0.29, 0.717) is 18.9 Å². The fourth-order valence-corrected chi connectivity index (χ4v) is 3.87. The number of likely N-dealkylation sites (tertiary alicyclic amines) is 1. The number of nitrogens with zero attached hydrogens (tertiary/aromatic N) is 1. The fraction of sp³-hybridized carbons (Fsp3) is 0.458. The summed E-state index contributed by atoms with van der Waals surface area (Å²) < 4.78 is 15.9.